The molecule has 1 amide bonds. The number of aliphatic hydroxyl groups is 1. The van der Waals surface area contributed by atoms with Crippen LogP contribution in [0, 0.1) is 21.7 Å². The minimum absolute atomic E-state index is 0.00348. The predicted molar refractivity (Wildman–Crippen MR) is 117 cm³/mol. The number of carbonyl (C=O) groups excluding carboxylic acids is 2. The van der Waals surface area contributed by atoms with Crippen LogP contribution in [0.25, 0.3) is 5.76 Å². The number of hydrogen-bond acceptors (Lipinski definition) is 6. The van der Waals surface area contributed by atoms with Gasteiger partial charge in [-0.3, -0.25) is 24.6 Å². The normalized spacial score (nSPS) is 17.3. The second-order valence-electron chi connectivity index (χ2n) is 7.28. The van der Waals surface area contributed by atoms with Gasteiger partial charge in [0.15, 0.2) is 11.6 Å². The maximum atomic E-state index is 14.0. The summed E-state index contributed by atoms with van der Waals surface area (Å²) in [6.45, 7) is 0. The van der Waals surface area contributed by atoms with Crippen molar-refractivity contribution in [1.82, 2.24) is 0 Å². The second-order valence-corrected chi connectivity index (χ2v) is 7.69. The summed E-state index contributed by atoms with van der Waals surface area (Å²) in [6.07, 6.45) is 0. The van der Waals surface area contributed by atoms with Gasteiger partial charge in [-0.2, -0.15) is 0 Å². The van der Waals surface area contributed by atoms with Crippen molar-refractivity contribution in [3.8, 4) is 5.75 Å². The van der Waals surface area contributed by atoms with Crippen molar-refractivity contribution >= 4 is 40.4 Å². The molecule has 3 aromatic rings. The Morgan fingerprint density at radius 2 is 1.68 bits per heavy atom. The van der Waals surface area contributed by atoms with Gasteiger partial charge in [0.25, 0.3) is 17.4 Å². The van der Waals surface area contributed by atoms with E-state index in [9.17, 15) is 38.7 Å². The number of non-ortho nitro benzene ring substituents is 1. The van der Waals surface area contributed by atoms with Crippen molar-refractivity contribution in [3.05, 3.63) is 104 Å². The highest BCUT2D eigenvalue weighted by molar-refractivity contribution is 6.51. The predicted octanol–water partition coefficient (Wildman–Crippen LogP) is 4.86. The van der Waals surface area contributed by atoms with E-state index in [1.807, 2.05) is 0 Å². The van der Waals surface area contributed by atoms with E-state index in [0.717, 1.165) is 35.2 Å². The fraction of sp³-hybridized carbons (Fsp3) is 0.0435. The second kappa shape index (κ2) is 8.56. The summed E-state index contributed by atoms with van der Waals surface area (Å²) in [4.78, 5) is 37.1. The highest BCUT2D eigenvalue weighted by atomic mass is 35.5. The van der Waals surface area contributed by atoms with Crippen molar-refractivity contribution in [2.24, 2.45) is 0 Å². The van der Waals surface area contributed by atoms with Crippen LogP contribution in [0.2, 0.25) is 5.02 Å². The number of hydrogen-bond donors (Lipinski definition) is 2. The van der Waals surface area contributed by atoms with Crippen molar-refractivity contribution < 1.29 is 33.5 Å². The van der Waals surface area contributed by atoms with Gasteiger partial charge in [-0.15, -0.1) is 0 Å². The Balaban J connectivity index is 1.95. The number of carbonyl (C=O) groups is 2. The smallest absolute Gasteiger partial charge is 0.300 e. The summed E-state index contributed by atoms with van der Waals surface area (Å²) in [7, 11) is 0. The van der Waals surface area contributed by atoms with E-state index in [0.29, 0.717) is 0 Å². The summed E-state index contributed by atoms with van der Waals surface area (Å²) in [5.74, 6) is -5.63. The molecule has 0 saturated carbocycles. The standard InChI is InChI=1S/C23H13ClF2N2O6/c24-15-9-12(3-8-18(15)29)20-19(21(30)11-1-4-13(5-2-11)28(33)34)22(31)23(32)27(20)14-6-7-16(25)17(26)10-14/h1-10,20,29-30H/b21-19+. The van der Waals surface area contributed by atoms with E-state index in [4.69, 9.17) is 11.6 Å². The van der Waals surface area contributed by atoms with Crippen LogP contribution < -0.4 is 4.90 Å². The molecular formula is C23H13ClF2N2O6. The van der Waals surface area contributed by atoms with Crippen LogP contribution in [0.3, 0.4) is 0 Å². The first-order valence-electron chi connectivity index (χ1n) is 9.59. The minimum Gasteiger partial charge on any atom is -0.507 e. The molecule has 0 aromatic heterocycles. The Morgan fingerprint density at radius 1 is 1.00 bits per heavy atom. The molecule has 1 aliphatic heterocycles. The molecule has 0 aliphatic carbocycles. The third-order valence-corrected chi connectivity index (χ3v) is 5.57. The molecule has 0 spiro atoms. The van der Waals surface area contributed by atoms with Crippen LogP contribution in [0.1, 0.15) is 17.2 Å². The number of Topliss-reactive ketones (excluding diaryl/α,β-unsaturated/α-hetero) is 1. The van der Waals surface area contributed by atoms with Crippen LogP contribution in [0.15, 0.2) is 66.2 Å². The molecule has 172 valence electrons. The Labute approximate surface area is 195 Å². The molecule has 11 heteroatoms. The largest absolute Gasteiger partial charge is 0.507 e. The van der Waals surface area contributed by atoms with E-state index >= 15 is 0 Å². The van der Waals surface area contributed by atoms with Crippen LogP contribution in [-0.2, 0) is 9.59 Å². The number of anilines is 1. The van der Waals surface area contributed by atoms with Gasteiger partial charge in [-0.05, 0) is 42.0 Å². The average molecular weight is 487 g/mol. The average Bonchev–Trinajstić information content (AvgIpc) is 3.07. The van der Waals surface area contributed by atoms with Crippen LogP contribution in [0.5, 0.6) is 5.75 Å². The number of nitro groups is 1. The highest BCUT2D eigenvalue weighted by Gasteiger charge is 2.47. The molecule has 1 unspecified atom stereocenters. The fourth-order valence-corrected chi connectivity index (χ4v) is 3.83. The monoisotopic (exact) mass is 486 g/mol. The zero-order valence-corrected chi connectivity index (χ0v) is 17.7. The molecule has 1 heterocycles. The summed E-state index contributed by atoms with van der Waals surface area (Å²) in [5, 5.41) is 31.5. The van der Waals surface area contributed by atoms with Crippen molar-refractivity contribution in [2.75, 3.05) is 4.90 Å². The third kappa shape index (κ3) is 3.84. The minimum atomic E-state index is -1.34. The van der Waals surface area contributed by atoms with Crippen LogP contribution in [-0.4, -0.2) is 26.8 Å². The Morgan fingerprint density at radius 3 is 2.26 bits per heavy atom. The summed E-state index contributed by atoms with van der Waals surface area (Å²) in [5.41, 5.74) is -0.664. The molecule has 1 atom stereocenters. The lowest BCUT2D eigenvalue weighted by Crippen LogP contribution is -2.29. The number of phenols is 1. The molecule has 34 heavy (non-hydrogen) atoms. The number of rotatable bonds is 4. The molecular weight excluding hydrogens is 474 g/mol. The zero-order chi connectivity index (χ0) is 24.7. The molecule has 1 fully saturated rings. The van der Waals surface area contributed by atoms with E-state index in [1.54, 1.807) is 0 Å². The molecule has 2 N–H and O–H groups in total. The lowest BCUT2D eigenvalue weighted by atomic mass is 9.95. The maximum absolute atomic E-state index is 14.0. The topological polar surface area (TPSA) is 121 Å². The van der Waals surface area contributed by atoms with Crippen molar-refractivity contribution in [2.45, 2.75) is 6.04 Å². The third-order valence-electron chi connectivity index (χ3n) is 5.26. The molecule has 3 aromatic carbocycles. The van der Waals surface area contributed by atoms with E-state index in [-0.39, 0.29) is 33.3 Å². The quantitative estimate of drug-likeness (QED) is 0.179. The number of halogens is 3. The first-order chi connectivity index (χ1) is 16.1. The molecule has 4 rings (SSSR count). The van der Waals surface area contributed by atoms with Gasteiger partial charge in [0, 0.05) is 29.4 Å². The maximum Gasteiger partial charge on any atom is 0.300 e. The van der Waals surface area contributed by atoms with Gasteiger partial charge in [0.1, 0.15) is 11.5 Å². The summed E-state index contributed by atoms with van der Waals surface area (Å²) < 4.78 is 27.5. The van der Waals surface area contributed by atoms with Gasteiger partial charge < -0.3 is 10.2 Å². The summed E-state index contributed by atoms with van der Waals surface area (Å²) >= 11 is 6.01. The number of aromatic hydroxyl groups is 1. The number of ketones is 1. The van der Waals surface area contributed by atoms with Crippen molar-refractivity contribution in [1.29, 1.82) is 0 Å². The number of phenolic OH excluding ortho intramolecular Hbond substituents is 1. The molecule has 1 aliphatic rings. The van der Waals surface area contributed by atoms with E-state index < -0.39 is 45.6 Å². The molecule has 0 bridgehead atoms. The molecule has 0 radical (unpaired) electrons. The van der Waals surface area contributed by atoms with Gasteiger partial charge in [-0.1, -0.05) is 17.7 Å². The Hall–Kier alpha value is -4.31. The summed E-state index contributed by atoms with van der Waals surface area (Å²) in [6, 6.07) is 9.65. The van der Waals surface area contributed by atoms with Gasteiger partial charge in [0.05, 0.1) is 21.6 Å². The number of nitrogens with zero attached hydrogens (tertiary/aromatic N) is 2. The zero-order valence-electron chi connectivity index (χ0n) is 16.9. The van der Waals surface area contributed by atoms with Gasteiger partial charge in [0.2, 0.25) is 0 Å². The first-order valence-corrected chi connectivity index (χ1v) is 9.97. The number of benzene rings is 3. The molecule has 1 saturated heterocycles. The first kappa shape index (κ1) is 22.9. The SMILES string of the molecule is O=C1C(=O)N(c2ccc(F)c(F)c2)C(c2ccc(O)c(Cl)c2)/C1=C(\O)c1ccc([N+](=O)[O-])cc1. The lowest BCUT2D eigenvalue weighted by molar-refractivity contribution is -0.384. The number of nitro benzene ring substituents is 1. The van der Waals surface area contributed by atoms with E-state index in [2.05, 4.69) is 0 Å². The van der Waals surface area contributed by atoms with Crippen LogP contribution >= 0.6 is 11.6 Å². The fourth-order valence-electron chi connectivity index (χ4n) is 3.64. The van der Waals surface area contributed by atoms with Crippen molar-refractivity contribution in [3.63, 3.8) is 0 Å². The van der Waals surface area contributed by atoms with E-state index in [1.165, 1.54) is 30.3 Å². The lowest BCUT2D eigenvalue weighted by Gasteiger charge is -2.25. The molecule has 8 nitrogen and oxygen atoms in total. The number of aliphatic hydroxyl groups excluding tert-OH is 1. The number of amides is 1. The highest BCUT2D eigenvalue weighted by Crippen LogP contribution is 2.43. The Kier molecular flexibility index (Phi) is 5.76. The van der Waals surface area contributed by atoms with Crippen LogP contribution in [0.4, 0.5) is 20.2 Å². The van der Waals surface area contributed by atoms with Gasteiger partial charge in [-0.25, -0.2) is 8.78 Å². The Bertz CT molecular complexity index is 1390. The van der Waals surface area contributed by atoms with Gasteiger partial charge >= 0.3 is 0 Å².